The van der Waals surface area contributed by atoms with Gasteiger partial charge in [0.15, 0.2) is 0 Å². The van der Waals surface area contributed by atoms with Gasteiger partial charge in [-0.3, -0.25) is 4.79 Å². The van der Waals surface area contributed by atoms with Gasteiger partial charge in [0.25, 0.3) is 0 Å². The Balaban J connectivity index is 1.50. The number of sulfonamides is 1. The second-order valence-electron chi connectivity index (χ2n) is 8.66. The first-order valence-electron chi connectivity index (χ1n) is 10.9. The summed E-state index contributed by atoms with van der Waals surface area (Å²) in [5.41, 5.74) is 2.39. The fourth-order valence-electron chi connectivity index (χ4n) is 4.22. The maximum atomic E-state index is 13.3. The predicted octanol–water partition coefficient (Wildman–Crippen LogP) is 3.07. The summed E-state index contributed by atoms with van der Waals surface area (Å²) < 4.78 is 29.9. The molecule has 1 fully saturated rings. The van der Waals surface area contributed by atoms with Crippen molar-refractivity contribution in [2.75, 3.05) is 20.1 Å². The first-order valence-corrected chi connectivity index (χ1v) is 12.4. The van der Waals surface area contributed by atoms with Crippen LogP contribution in [0.1, 0.15) is 38.3 Å². The van der Waals surface area contributed by atoms with Crippen LogP contribution in [0.3, 0.4) is 0 Å². The lowest BCUT2D eigenvalue weighted by molar-refractivity contribution is -0.135. The van der Waals surface area contributed by atoms with Crippen molar-refractivity contribution in [1.82, 2.24) is 24.2 Å². The minimum atomic E-state index is -3.73. The van der Waals surface area contributed by atoms with Crippen LogP contribution in [0.15, 0.2) is 53.4 Å². The second-order valence-corrected chi connectivity index (χ2v) is 10.6. The summed E-state index contributed by atoms with van der Waals surface area (Å²) in [6, 6.07) is 14.8. The van der Waals surface area contributed by atoms with Crippen LogP contribution in [-0.2, 0) is 21.4 Å². The first-order chi connectivity index (χ1) is 15.3. The topological polar surface area (TPSA) is 88.4 Å². The number of carbonyl (C=O) groups excluding carboxylic acids is 1. The maximum absolute atomic E-state index is 13.3. The Kier molecular flexibility index (Phi) is 6.30. The Morgan fingerprint density at radius 3 is 2.66 bits per heavy atom. The van der Waals surface area contributed by atoms with Gasteiger partial charge in [-0.2, -0.15) is 4.31 Å². The van der Waals surface area contributed by atoms with E-state index in [0.717, 1.165) is 11.1 Å². The highest BCUT2D eigenvalue weighted by Crippen LogP contribution is 2.27. The zero-order chi connectivity index (χ0) is 22.9. The van der Waals surface area contributed by atoms with Gasteiger partial charge in [0.1, 0.15) is 5.52 Å². The van der Waals surface area contributed by atoms with Gasteiger partial charge in [0.05, 0.1) is 16.3 Å². The van der Waals surface area contributed by atoms with E-state index < -0.39 is 10.0 Å². The number of hydrogen-bond donors (Lipinski definition) is 0. The molecule has 0 N–H and O–H groups in total. The van der Waals surface area contributed by atoms with Gasteiger partial charge in [-0.05, 0) is 50.5 Å². The normalized spacial score (nSPS) is 17.7. The van der Waals surface area contributed by atoms with E-state index in [4.69, 9.17) is 0 Å². The van der Waals surface area contributed by atoms with Crippen molar-refractivity contribution >= 4 is 27.0 Å². The van der Waals surface area contributed by atoms with E-state index in [1.54, 1.807) is 34.8 Å². The van der Waals surface area contributed by atoms with Crippen LogP contribution >= 0.6 is 0 Å². The first kappa shape index (κ1) is 22.4. The largest absolute Gasteiger partial charge is 0.341 e. The average Bonchev–Trinajstić information content (AvgIpc) is 3.23. The highest BCUT2D eigenvalue weighted by Gasteiger charge is 2.34. The number of carbonyl (C=O) groups is 1. The zero-order valence-corrected chi connectivity index (χ0v) is 19.5. The molecule has 2 heterocycles. The van der Waals surface area contributed by atoms with Crippen molar-refractivity contribution in [2.45, 2.75) is 44.2 Å². The summed E-state index contributed by atoms with van der Waals surface area (Å²) in [5, 5.41) is 8.26. The Morgan fingerprint density at radius 2 is 1.94 bits per heavy atom. The van der Waals surface area contributed by atoms with Crippen molar-refractivity contribution in [3.63, 3.8) is 0 Å². The third-order valence-electron chi connectivity index (χ3n) is 5.94. The Morgan fingerprint density at radius 1 is 1.19 bits per heavy atom. The maximum Gasteiger partial charge on any atom is 0.243 e. The van der Waals surface area contributed by atoms with Gasteiger partial charge in [0.2, 0.25) is 15.9 Å². The van der Waals surface area contributed by atoms with Gasteiger partial charge in [-0.1, -0.05) is 35.5 Å². The highest BCUT2D eigenvalue weighted by molar-refractivity contribution is 7.89. The molecule has 1 amide bonds. The van der Waals surface area contributed by atoms with E-state index in [2.05, 4.69) is 10.3 Å². The van der Waals surface area contributed by atoms with Crippen molar-refractivity contribution in [3.05, 3.63) is 54.1 Å². The minimum Gasteiger partial charge on any atom is -0.341 e. The molecule has 3 aromatic rings. The quantitative estimate of drug-likeness (QED) is 0.570. The molecule has 8 nitrogen and oxygen atoms in total. The Bertz CT molecular complexity index is 1210. The molecule has 4 rings (SSSR count). The SMILES string of the molecule is CC(C)n1nnc2cc(S(=O)(=O)N3CCC[C@H](C(=O)N(C)Cc4ccccc4)C3)ccc21. The molecule has 170 valence electrons. The fraction of sp³-hybridized carbons (Fsp3) is 0.435. The van der Waals surface area contributed by atoms with Crippen molar-refractivity contribution < 1.29 is 13.2 Å². The van der Waals surface area contributed by atoms with E-state index in [-0.39, 0.29) is 29.3 Å². The van der Waals surface area contributed by atoms with Gasteiger partial charge in [-0.25, -0.2) is 13.1 Å². The molecule has 1 atom stereocenters. The summed E-state index contributed by atoms with van der Waals surface area (Å²) >= 11 is 0. The number of piperidine rings is 1. The van der Waals surface area contributed by atoms with Crippen LogP contribution in [0, 0.1) is 5.92 Å². The molecule has 0 unspecified atom stereocenters. The molecule has 0 bridgehead atoms. The van der Waals surface area contributed by atoms with E-state index >= 15 is 0 Å². The van der Waals surface area contributed by atoms with E-state index in [1.807, 2.05) is 44.2 Å². The smallest absolute Gasteiger partial charge is 0.243 e. The van der Waals surface area contributed by atoms with E-state index in [9.17, 15) is 13.2 Å². The molecule has 0 saturated carbocycles. The van der Waals surface area contributed by atoms with Crippen molar-refractivity contribution in [3.8, 4) is 0 Å². The summed E-state index contributed by atoms with van der Waals surface area (Å²) in [7, 11) is -1.96. The third kappa shape index (κ3) is 4.40. The molecule has 32 heavy (non-hydrogen) atoms. The van der Waals surface area contributed by atoms with Gasteiger partial charge < -0.3 is 4.90 Å². The minimum absolute atomic E-state index is 0.0240. The Hall–Kier alpha value is -2.78. The standard InChI is InChI=1S/C23H29N5O3S/c1-17(2)28-22-12-11-20(14-21(22)24-25-28)32(30,31)27-13-7-10-19(16-27)23(29)26(3)15-18-8-5-4-6-9-18/h4-6,8-9,11-12,14,17,19H,7,10,13,15-16H2,1-3H3/t19-/m0/s1. The lowest BCUT2D eigenvalue weighted by Gasteiger charge is -2.33. The molecule has 0 aliphatic carbocycles. The lowest BCUT2D eigenvalue weighted by Crippen LogP contribution is -2.45. The van der Waals surface area contributed by atoms with Crippen LogP contribution in [0.5, 0.6) is 0 Å². The summed E-state index contributed by atoms with van der Waals surface area (Å²) in [6.45, 7) is 5.10. The number of amides is 1. The van der Waals surface area contributed by atoms with Crippen LogP contribution in [0.2, 0.25) is 0 Å². The van der Waals surface area contributed by atoms with Crippen LogP contribution in [-0.4, -0.2) is 58.7 Å². The summed E-state index contributed by atoms with van der Waals surface area (Å²) in [5.74, 6) is -0.373. The predicted molar refractivity (Wildman–Crippen MR) is 122 cm³/mol. The number of nitrogens with zero attached hydrogens (tertiary/aromatic N) is 5. The van der Waals surface area contributed by atoms with Crippen molar-refractivity contribution in [2.24, 2.45) is 5.92 Å². The molecular weight excluding hydrogens is 426 g/mol. The van der Waals surface area contributed by atoms with Crippen molar-refractivity contribution in [1.29, 1.82) is 0 Å². The number of fused-ring (bicyclic) bond motifs is 1. The number of benzene rings is 2. The third-order valence-corrected chi connectivity index (χ3v) is 7.80. The summed E-state index contributed by atoms with van der Waals surface area (Å²) in [4.78, 5) is 14.9. The Labute approximate surface area is 188 Å². The molecule has 0 radical (unpaired) electrons. The zero-order valence-electron chi connectivity index (χ0n) is 18.7. The van der Waals surface area contributed by atoms with Gasteiger partial charge >= 0.3 is 0 Å². The fourth-order valence-corrected chi connectivity index (χ4v) is 5.77. The van der Waals surface area contributed by atoms with Gasteiger partial charge in [0, 0.05) is 32.7 Å². The number of aromatic nitrogens is 3. The highest BCUT2D eigenvalue weighted by atomic mass is 32.2. The average molecular weight is 456 g/mol. The molecule has 1 aliphatic rings. The van der Waals surface area contributed by atoms with E-state index in [0.29, 0.717) is 31.4 Å². The second kappa shape index (κ2) is 8.99. The molecule has 1 aromatic heterocycles. The number of hydrogen-bond acceptors (Lipinski definition) is 5. The molecule has 1 saturated heterocycles. The molecule has 2 aromatic carbocycles. The van der Waals surface area contributed by atoms with Crippen LogP contribution < -0.4 is 0 Å². The van der Waals surface area contributed by atoms with E-state index in [1.165, 1.54) is 4.31 Å². The molecule has 9 heteroatoms. The molecular formula is C23H29N5O3S. The molecule has 1 aliphatic heterocycles. The lowest BCUT2D eigenvalue weighted by atomic mass is 9.98. The van der Waals surface area contributed by atoms with Crippen LogP contribution in [0.4, 0.5) is 0 Å². The number of rotatable bonds is 6. The van der Waals surface area contributed by atoms with Crippen LogP contribution in [0.25, 0.3) is 11.0 Å². The molecule has 0 spiro atoms. The summed E-state index contributed by atoms with van der Waals surface area (Å²) in [6.07, 6.45) is 1.34. The monoisotopic (exact) mass is 455 g/mol. The van der Waals surface area contributed by atoms with Gasteiger partial charge in [-0.15, -0.1) is 5.10 Å².